The number of hydrogen-bond acceptors (Lipinski definition) is 4. The molecule has 1 aliphatic carbocycles. The Morgan fingerprint density at radius 2 is 2.13 bits per heavy atom. The monoisotopic (exact) mass is 311 g/mol. The molecule has 0 bridgehead atoms. The van der Waals surface area contributed by atoms with Gasteiger partial charge in [0.15, 0.2) is 0 Å². The molecule has 6 nitrogen and oxygen atoms in total. The first-order valence-electron chi connectivity index (χ1n) is 8.32. The Kier molecular flexibility index (Phi) is 3.61. The first kappa shape index (κ1) is 14.4. The van der Waals surface area contributed by atoms with Gasteiger partial charge in [-0.3, -0.25) is 14.5 Å². The number of rotatable bonds is 4. The van der Waals surface area contributed by atoms with Crippen LogP contribution in [0.2, 0.25) is 0 Å². The Balaban J connectivity index is 1.68. The summed E-state index contributed by atoms with van der Waals surface area (Å²) in [5.41, 5.74) is 10.8. The summed E-state index contributed by atoms with van der Waals surface area (Å²) < 4.78 is 1.90. The van der Waals surface area contributed by atoms with Crippen LogP contribution in [0.1, 0.15) is 34.5 Å². The van der Waals surface area contributed by atoms with Gasteiger partial charge in [0.25, 0.3) is 5.91 Å². The normalized spacial score (nSPS) is 16.0. The molecule has 6 heteroatoms. The molecule has 2 aromatic heterocycles. The minimum absolute atomic E-state index is 0.125. The maximum Gasteiger partial charge on any atom is 0.272 e. The Labute approximate surface area is 135 Å². The van der Waals surface area contributed by atoms with Gasteiger partial charge in [-0.15, -0.1) is 0 Å². The van der Waals surface area contributed by atoms with Crippen molar-refractivity contribution in [2.24, 2.45) is 5.73 Å². The molecule has 0 fully saturated rings. The number of carbonyl (C=O) groups excluding carboxylic acids is 1. The van der Waals surface area contributed by atoms with Crippen LogP contribution in [0.15, 0.2) is 18.5 Å². The van der Waals surface area contributed by atoms with Crippen LogP contribution in [0.5, 0.6) is 0 Å². The number of pyridine rings is 1. The van der Waals surface area contributed by atoms with Crippen LogP contribution in [-0.2, 0) is 19.4 Å². The molecule has 3 heterocycles. The summed E-state index contributed by atoms with van der Waals surface area (Å²) in [5.74, 6) is 0.125. The SMILES string of the molecule is NCCCCN1CCn2nc3c(c2C1=O)CCc1cnccc1-3. The summed E-state index contributed by atoms with van der Waals surface area (Å²) in [6.07, 6.45) is 7.43. The highest BCUT2D eigenvalue weighted by Crippen LogP contribution is 2.35. The average Bonchev–Trinajstić information content (AvgIpc) is 2.97. The van der Waals surface area contributed by atoms with E-state index in [2.05, 4.69) is 4.98 Å². The highest BCUT2D eigenvalue weighted by Gasteiger charge is 2.33. The largest absolute Gasteiger partial charge is 0.335 e. The maximum absolute atomic E-state index is 12.9. The number of carbonyl (C=O) groups is 1. The second kappa shape index (κ2) is 5.77. The number of nitrogens with two attached hydrogens (primary N) is 1. The third kappa shape index (κ3) is 2.34. The van der Waals surface area contributed by atoms with Crippen molar-refractivity contribution in [3.05, 3.63) is 35.3 Å². The molecule has 0 saturated carbocycles. The summed E-state index contributed by atoms with van der Waals surface area (Å²) in [6, 6.07) is 2.01. The van der Waals surface area contributed by atoms with Crippen LogP contribution in [-0.4, -0.2) is 45.2 Å². The Hall–Kier alpha value is -2.21. The van der Waals surface area contributed by atoms with Crippen LogP contribution in [0, 0.1) is 0 Å². The van der Waals surface area contributed by atoms with Crippen molar-refractivity contribution < 1.29 is 4.79 Å². The molecular weight excluding hydrogens is 290 g/mol. The molecule has 2 aliphatic rings. The zero-order chi connectivity index (χ0) is 15.8. The second-order valence-corrected chi connectivity index (χ2v) is 6.22. The zero-order valence-electron chi connectivity index (χ0n) is 13.2. The quantitative estimate of drug-likeness (QED) is 0.862. The van der Waals surface area contributed by atoms with E-state index >= 15 is 0 Å². The second-order valence-electron chi connectivity index (χ2n) is 6.22. The molecule has 0 spiro atoms. The molecule has 2 aromatic rings. The lowest BCUT2D eigenvalue weighted by Crippen LogP contribution is -2.41. The van der Waals surface area contributed by atoms with E-state index < -0.39 is 0 Å². The van der Waals surface area contributed by atoms with Crippen molar-refractivity contribution in [1.82, 2.24) is 19.7 Å². The Bertz CT molecular complexity index is 751. The van der Waals surface area contributed by atoms with Gasteiger partial charge in [-0.25, -0.2) is 0 Å². The number of aromatic nitrogens is 3. The van der Waals surface area contributed by atoms with Crippen LogP contribution in [0.25, 0.3) is 11.3 Å². The van der Waals surface area contributed by atoms with Gasteiger partial charge in [0, 0.05) is 36.6 Å². The lowest BCUT2D eigenvalue weighted by atomic mass is 9.90. The van der Waals surface area contributed by atoms with Crippen molar-refractivity contribution >= 4 is 5.91 Å². The highest BCUT2D eigenvalue weighted by atomic mass is 16.2. The van der Waals surface area contributed by atoms with Crippen LogP contribution in [0.3, 0.4) is 0 Å². The summed E-state index contributed by atoms with van der Waals surface area (Å²) in [6.45, 7) is 2.98. The third-order valence-corrected chi connectivity index (χ3v) is 4.81. The number of hydrogen-bond donors (Lipinski definition) is 1. The highest BCUT2D eigenvalue weighted by molar-refractivity contribution is 5.97. The zero-order valence-corrected chi connectivity index (χ0v) is 13.2. The number of unbranched alkanes of at least 4 members (excludes halogenated alkanes) is 1. The minimum Gasteiger partial charge on any atom is -0.335 e. The molecule has 1 aliphatic heterocycles. The number of amides is 1. The van der Waals surface area contributed by atoms with Gasteiger partial charge in [-0.1, -0.05) is 0 Å². The van der Waals surface area contributed by atoms with Crippen LogP contribution in [0.4, 0.5) is 0 Å². The van der Waals surface area contributed by atoms with E-state index in [0.717, 1.165) is 67.8 Å². The van der Waals surface area contributed by atoms with E-state index in [0.29, 0.717) is 6.54 Å². The van der Waals surface area contributed by atoms with Gasteiger partial charge in [-0.2, -0.15) is 5.10 Å². The lowest BCUT2D eigenvalue weighted by molar-refractivity contribution is 0.0693. The summed E-state index contributed by atoms with van der Waals surface area (Å²) in [7, 11) is 0. The molecule has 0 saturated heterocycles. The Morgan fingerprint density at radius 1 is 1.22 bits per heavy atom. The van der Waals surface area contributed by atoms with Crippen molar-refractivity contribution in [3.8, 4) is 11.3 Å². The van der Waals surface area contributed by atoms with Crippen molar-refractivity contribution in [3.63, 3.8) is 0 Å². The molecule has 120 valence electrons. The Morgan fingerprint density at radius 3 is 3.00 bits per heavy atom. The summed E-state index contributed by atoms with van der Waals surface area (Å²) in [5, 5.41) is 4.74. The molecule has 0 aromatic carbocycles. The van der Waals surface area contributed by atoms with E-state index in [4.69, 9.17) is 10.8 Å². The third-order valence-electron chi connectivity index (χ3n) is 4.81. The van der Waals surface area contributed by atoms with Gasteiger partial charge in [-0.05, 0) is 43.9 Å². The summed E-state index contributed by atoms with van der Waals surface area (Å²) >= 11 is 0. The van der Waals surface area contributed by atoms with Gasteiger partial charge < -0.3 is 10.6 Å². The number of nitrogens with zero attached hydrogens (tertiary/aromatic N) is 4. The van der Waals surface area contributed by atoms with E-state index in [1.807, 2.05) is 21.8 Å². The first-order chi connectivity index (χ1) is 11.3. The molecule has 1 amide bonds. The van der Waals surface area contributed by atoms with E-state index in [1.54, 1.807) is 6.20 Å². The molecule has 2 N–H and O–H groups in total. The van der Waals surface area contributed by atoms with Crippen LogP contribution < -0.4 is 5.73 Å². The molecule has 0 radical (unpaired) electrons. The van der Waals surface area contributed by atoms with Crippen LogP contribution >= 0.6 is 0 Å². The summed E-state index contributed by atoms with van der Waals surface area (Å²) in [4.78, 5) is 19.0. The number of aryl methyl sites for hydroxylation is 1. The minimum atomic E-state index is 0.125. The number of fused-ring (bicyclic) bond motifs is 5. The lowest BCUT2D eigenvalue weighted by Gasteiger charge is -2.28. The van der Waals surface area contributed by atoms with Gasteiger partial charge in [0.2, 0.25) is 0 Å². The van der Waals surface area contributed by atoms with E-state index in [-0.39, 0.29) is 5.91 Å². The molecule has 23 heavy (non-hydrogen) atoms. The fourth-order valence-electron chi connectivity index (χ4n) is 3.60. The fourth-order valence-corrected chi connectivity index (χ4v) is 3.60. The van der Waals surface area contributed by atoms with Crippen molar-refractivity contribution in [2.75, 3.05) is 19.6 Å². The van der Waals surface area contributed by atoms with Gasteiger partial charge >= 0.3 is 0 Å². The fraction of sp³-hybridized carbons (Fsp3) is 0.471. The standard InChI is InChI=1S/C17H21N5O/c18-6-1-2-8-21-9-10-22-16(17(21)23)14-4-3-12-11-19-7-5-13(12)15(14)20-22/h5,7,11H,1-4,6,8-10,18H2. The van der Waals surface area contributed by atoms with E-state index in [1.165, 1.54) is 5.56 Å². The molecule has 0 atom stereocenters. The van der Waals surface area contributed by atoms with Crippen molar-refractivity contribution in [2.45, 2.75) is 32.2 Å². The van der Waals surface area contributed by atoms with E-state index in [9.17, 15) is 4.79 Å². The molecule has 4 rings (SSSR count). The molecule has 0 unspecified atom stereocenters. The van der Waals surface area contributed by atoms with Gasteiger partial charge in [0.05, 0.1) is 12.2 Å². The smallest absolute Gasteiger partial charge is 0.272 e. The predicted octanol–water partition coefficient (Wildman–Crippen LogP) is 1.24. The van der Waals surface area contributed by atoms with Crippen molar-refractivity contribution in [1.29, 1.82) is 0 Å². The molecular formula is C17H21N5O. The van der Waals surface area contributed by atoms with Gasteiger partial charge in [0.1, 0.15) is 5.69 Å². The topological polar surface area (TPSA) is 77.0 Å². The maximum atomic E-state index is 12.9. The predicted molar refractivity (Wildman–Crippen MR) is 87.1 cm³/mol. The first-order valence-corrected chi connectivity index (χ1v) is 8.32. The average molecular weight is 311 g/mol.